The van der Waals surface area contributed by atoms with E-state index in [1.807, 2.05) is 28.5 Å². The van der Waals surface area contributed by atoms with E-state index in [-0.39, 0.29) is 29.2 Å². The van der Waals surface area contributed by atoms with Gasteiger partial charge in [0.25, 0.3) is 5.56 Å². The van der Waals surface area contributed by atoms with Gasteiger partial charge < -0.3 is 9.47 Å². The van der Waals surface area contributed by atoms with E-state index in [9.17, 15) is 14.4 Å². The normalized spacial score (nSPS) is 25.9. The van der Waals surface area contributed by atoms with Gasteiger partial charge in [0.2, 0.25) is 5.91 Å². The van der Waals surface area contributed by atoms with Gasteiger partial charge in [0.1, 0.15) is 5.78 Å². The zero-order valence-electron chi connectivity index (χ0n) is 18.1. The first-order chi connectivity index (χ1) is 15.0. The Morgan fingerprint density at radius 1 is 1.06 bits per heavy atom. The first-order valence-electron chi connectivity index (χ1n) is 11.6. The molecule has 1 saturated carbocycles. The molecule has 1 aliphatic carbocycles. The average Bonchev–Trinajstić information content (AvgIpc) is 3.18. The van der Waals surface area contributed by atoms with Gasteiger partial charge in [0.15, 0.2) is 0 Å². The van der Waals surface area contributed by atoms with Crippen molar-refractivity contribution in [2.75, 3.05) is 13.1 Å². The quantitative estimate of drug-likeness (QED) is 0.764. The summed E-state index contributed by atoms with van der Waals surface area (Å²) in [6.07, 6.45) is 4.61. The van der Waals surface area contributed by atoms with Crippen LogP contribution < -0.4 is 5.56 Å². The molecule has 5 nitrogen and oxygen atoms in total. The van der Waals surface area contributed by atoms with E-state index in [0.717, 1.165) is 49.9 Å². The predicted molar refractivity (Wildman–Crippen MR) is 119 cm³/mol. The lowest BCUT2D eigenvalue weighted by Gasteiger charge is -2.43. The van der Waals surface area contributed by atoms with Crippen LogP contribution in [0.25, 0.3) is 0 Å². The highest BCUT2D eigenvalue weighted by molar-refractivity contribution is 5.84. The third-order valence-corrected chi connectivity index (χ3v) is 7.55. The number of pyridine rings is 1. The second kappa shape index (κ2) is 8.10. The molecule has 2 bridgehead atoms. The molecule has 0 N–H and O–H groups in total. The monoisotopic (exact) mass is 418 g/mol. The van der Waals surface area contributed by atoms with Crippen LogP contribution in [0.4, 0.5) is 0 Å². The number of nitrogens with zero attached hydrogens (tertiary/aromatic N) is 2. The highest BCUT2D eigenvalue weighted by Gasteiger charge is 2.37. The van der Waals surface area contributed by atoms with Crippen molar-refractivity contribution in [2.24, 2.45) is 11.8 Å². The molecular formula is C26H30N2O3. The second-order valence-electron chi connectivity index (χ2n) is 9.66. The van der Waals surface area contributed by atoms with Gasteiger partial charge in [-0.15, -0.1) is 0 Å². The third-order valence-electron chi connectivity index (χ3n) is 7.55. The van der Waals surface area contributed by atoms with Crippen LogP contribution in [0, 0.1) is 11.8 Å². The van der Waals surface area contributed by atoms with Gasteiger partial charge in [0.05, 0.1) is 5.92 Å². The number of benzene rings is 1. The molecule has 1 aromatic carbocycles. The summed E-state index contributed by atoms with van der Waals surface area (Å²) in [7, 11) is 0. The van der Waals surface area contributed by atoms with E-state index in [4.69, 9.17) is 0 Å². The van der Waals surface area contributed by atoms with Crippen molar-refractivity contribution in [2.45, 2.75) is 57.4 Å². The van der Waals surface area contributed by atoms with Crippen LogP contribution in [0.2, 0.25) is 0 Å². The average molecular weight is 419 g/mol. The van der Waals surface area contributed by atoms with Gasteiger partial charge in [0, 0.05) is 49.7 Å². The fourth-order valence-corrected chi connectivity index (χ4v) is 5.82. The number of hydrogen-bond donors (Lipinski definition) is 0. The molecule has 2 fully saturated rings. The van der Waals surface area contributed by atoms with Crippen molar-refractivity contribution in [3.8, 4) is 0 Å². The fraction of sp³-hybridized carbons (Fsp3) is 0.500. The summed E-state index contributed by atoms with van der Waals surface area (Å²) in [4.78, 5) is 39.5. The molecule has 2 aromatic rings. The van der Waals surface area contributed by atoms with Gasteiger partial charge >= 0.3 is 0 Å². The third kappa shape index (κ3) is 3.86. The second-order valence-corrected chi connectivity index (χ2v) is 9.66. The summed E-state index contributed by atoms with van der Waals surface area (Å²) in [6.45, 7) is 4.10. The first kappa shape index (κ1) is 20.2. The molecule has 5 rings (SSSR count). The number of Topliss-reactive ketones (excluding diaryl/α,β-unsaturated/α-hetero) is 1. The smallest absolute Gasteiger partial charge is 0.250 e. The van der Waals surface area contributed by atoms with E-state index in [2.05, 4.69) is 24.3 Å². The van der Waals surface area contributed by atoms with E-state index >= 15 is 0 Å². The summed E-state index contributed by atoms with van der Waals surface area (Å²) in [6, 6.07) is 13.8. The number of hydrogen-bond acceptors (Lipinski definition) is 3. The van der Waals surface area contributed by atoms with Gasteiger partial charge in [-0.05, 0) is 55.7 Å². The number of carbonyl (C=O) groups is 2. The largest absolute Gasteiger partial charge is 0.341 e. The Labute approximate surface area is 183 Å². The van der Waals surface area contributed by atoms with Gasteiger partial charge in [-0.3, -0.25) is 14.4 Å². The highest BCUT2D eigenvalue weighted by atomic mass is 16.2. The number of ketones is 1. The maximum Gasteiger partial charge on any atom is 0.250 e. The Morgan fingerprint density at radius 2 is 1.87 bits per heavy atom. The van der Waals surface area contributed by atoms with Crippen LogP contribution in [0.5, 0.6) is 0 Å². The van der Waals surface area contributed by atoms with Gasteiger partial charge in [-0.2, -0.15) is 0 Å². The van der Waals surface area contributed by atoms with Crippen molar-refractivity contribution >= 4 is 11.7 Å². The molecule has 162 valence electrons. The maximum atomic E-state index is 13.3. The molecule has 3 aliphatic rings. The van der Waals surface area contributed by atoms with Crippen LogP contribution in [0.15, 0.2) is 47.3 Å². The van der Waals surface area contributed by atoms with Crippen molar-refractivity contribution in [3.05, 3.63) is 69.6 Å². The Bertz CT molecular complexity index is 1060. The summed E-state index contributed by atoms with van der Waals surface area (Å²) >= 11 is 0. The molecule has 5 heteroatoms. The van der Waals surface area contributed by atoms with Crippen LogP contribution in [-0.4, -0.2) is 34.2 Å². The van der Waals surface area contributed by atoms with E-state index < -0.39 is 0 Å². The van der Waals surface area contributed by atoms with Crippen LogP contribution in [0.1, 0.15) is 61.3 Å². The molecule has 1 amide bonds. The van der Waals surface area contributed by atoms with E-state index in [0.29, 0.717) is 24.8 Å². The molecule has 31 heavy (non-hydrogen) atoms. The molecule has 0 radical (unpaired) electrons. The zero-order valence-corrected chi connectivity index (χ0v) is 18.1. The zero-order chi connectivity index (χ0) is 21.5. The van der Waals surface area contributed by atoms with Crippen LogP contribution in [0.3, 0.4) is 0 Å². The number of rotatable bonds is 4. The Hall–Kier alpha value is -2.69. The number of carbonyl (C=O) groups excluding carboxylic acids is 2. The maximum absolute atomic E-state index is 13.3. The topological polar surface area (TPSA) is 59.4 Å². The number of amides is 1. The molecular weight excluding hydrogens is 388 g/mol. The summed E-state index contributed by atoms with van der Waals surface area (Å²) in [5, 5.41) is 0. The Kier molecular flexibility index (Phi) is 5.28. The summed E-state index contributed by atoms with van der Waals surface area (Å²) in [5.41, 5.74) is 3.34. The molecule has 4 atom stereocenters. The minimum absolute atomic E-state index is 0.0692. The predicted octanol–water partition coefficient (Wildman–Crippen LogP) is 3.51. The van der Waals surface area contributed by atoms with E-state index in [1.165, 1.54) is 5.56 Å². The highest BCUT2D eigenvalue weighted by Crippen LogP contribution is 2.36. The lowest BCUT2D eigenvalue weighted by molar-refractivity contribution is -0.135. The van der Waals surface area contributed by atoms with Gasteiger partial charge in [-0.25, -0.2) is 0 Å². The Morgan fingerprint density at radius 3 is 2.61 bits per heavy atom. The van der Waals surface area contributed by atoms with Crippen molar-refractivity contribution in [1.82, 2.24) is 9.47 Å². The molecule has 1 aromatic heterocycles. The number of aromatic nitrogens is 1. The van der Waals surface area contributed by atoms with Crippen molar-refractivity contribution in [1.29, 1.82) is 0 Å². The van der Waals surface area contributed by atoms with Crippen LogP contribution in [-0.2, 0) is 22.6 Å². The first-order valence-corrected chi connectivity index (χ1v) is 11.6. The van der Waals surface area contributed by atoms with Gasteiger partial charge in [-0.1, -0.05) is 30.3 Å². The fourth-order valence-electron chi connectivity index (χ4n) is 5.82. The number of piperidine rings is 1. The van der Waals surface area contributed by atoms with Crippen molar-refractivity contribution in [3.63, 3.8) is 0 Å². The molecule has 0 spiro atoms. The molecule has 2 aliphatic heterocycles. The molecule has 0 unspecified atom stereocenters. The number of fused-ring (bicyclic) bond motifs is 4. The standard InChI is InChI=1S/C26H30N2O3/c1-17(20-10-8-18(9-11-20)12-21-4-2-6-24(21)29)26(31)27-14-19-13-22(16-27)23-5-3-7-25(30)28(23)15-19/h3,5,7-11,17,19,21-22H,2,4,6,12-16H2,1H3/t17-,19-,21-,22+/m0/s1. The van der Waals surface area contributed by atoms with Crippen molar-refractivity contribution < 1.29 is 9.59 Å². The molecule has 3 heterocycles. The molecule has 1 saturated heterocycles. The number of likely N-dealkylation sites (tertiary alicyclic amines) is 1. The lowest BCUT2D eigenvalue weighted by atomic mass is 9.82. The lowest BCUT2D eigenvalue weighted by Crippen LogP contribution is -2.50. The summed E-state index contributed by atoms with van der Waals surface area (Å²) < 4.78 is 1.90. The van der Waals surface area contributed by atoms with E-state index in [1.54, 1.807) is 6.07 Å². The minimum atomic E-state index is -0.195. The minimum Gasteiger partial charge on any atom is -0.341 e. The summed E-state index contributed by atoms with van der Waals surface area (Å²) in [5.74, 6) is 1.12. The Balaban J connectivity index is 1.27. The van der Waals surface area contributed by atoms with Crippen LogP contribution >= 0.6 is 0 Å². The SMILES string of the molecule is C[C@H](C(=O)N1C[C@@H]2C[C@H](C1)c1cccc(=O)n1C2)c1ccc(C[C@@H]2CCCC2=O)cc1.